The fraction of sp³-hybridized carbons (Fsp3) is 0.818. The van der Waals surface area contributed by atoms with Gasteiger partial charge in [0.1, 0.15) is 17.7 Å². The average molecular weight is 442 g/mol. The number of carboxylic acid groups (broad SMARTS) is 1. The molecule has 3 N–H and O–H groups in total. The summed E-state index contributed by atoms with van der Waals surface area (Å²) in [6.07, 6.45) is 0.743. The highest BCUT2D eigenvalue weighted by Gasteiger charge is 2.34. The van der Waals surface area contributed by atoms with Gasteiger partial charge in [-0.05, 0) is 51.9 Å². The van der Waals surface area contributed by atoms with Crippen molar-refractivity contribution in [1.82, 2.24) is 15.5 Å². The van der Waals surface area contributed by atoms with Gasteiger partial charge in [-0.2, -0.15) is 0 Å². The first-order valence-corrected chi connectivity index (χ1v) is 11.0. The number of aliphatic carboxylic acids is 1. The van der Waals surface area contributed by atoms with Crippen LogP contribution in [0.5, 0.6) is 0 Å². The van der Waals surface area contributed by atoms with Gasteiger partial charge in [0.15, 0.2) is 0 Å². The van der Waals surface area contributed by atoms with Crippen molar-refractivity contribution in [3.05, 3.63) is 0 Å². The average Bonchev–Trinajstić information content (AvgIpc) is 2.62. The third kappa shape index (κ3) is 9.14. The van der Waals surface area contributed by atoms with Crippen molar-refractivity contribution < 1.29 is 29.0 Å². The molecule has 1 saturated heterocycles. The Kier molecular flexibility index (Phi) is 9.77. The summed E-state index contributed by atoms with van der Waals surface area (Å²) in [6, 6.07) is -1.63. The minimum atomic E-state index is -1.05. The van der Waals surface area contributed by atoms with Crippen LogP contribution in [0, 0.1) is 17.8 Å². The fourth-order valence-corrected chi connectivity index (χ4v) is 3.51. The molecule has 0 unspecified atom stereocenters. The Morgan fingerprint density at radius 3 is 2.00 bits per heavy atom. The molecule has 9 nitrogen and oxygen atoms in total. The lowest BCUT2D eigenvalue weighted by Crippen LogP contribution is -2.53. The second-order valence-corrected chi connectivity index (χ2v) is 10.00. The summed E-state index contributed by atoms with van der Waals surface area (Å²) in [5.74, 6) is -1.91. The van der Waals surface area contributed by atoms with E-state index in [9.17, 15) is 24.3 Å². The maximum absolute atomic E-state index is 13.0. The molecule has 0 aromatic rings. The molecule has 178 valence electrons. The molecular formula is C22H39N3O6. The molecule has 1 fully saturated rings. The third-order valence-corrected chi connectivity index (χ3v) is 5.10. The van der Waals surface area contributed by atoms with Gasteiger partial charge in [-0.3, -0.25) is 9.59 Å². The second kappa shape index (κ2) is 11.3. The van der Waals surface area contributed by atoms with Crippen LogP contribution >= 0.6 is 0 Å². The molecule has 31 heavy (non-hydrogen) atoms. The number of hydrogen-bond donors (Lipinski definition) is 3. The lowest BCUT2D eigenvalue weighted by atomic mass is 9.93. The first kappa shape index (κ1) is 26.7. The molecule has 9 heteroatoms. The van der Waals surface area contributed by atoms with E-state index in [1.807, 2.05) is 13.8 Å². The van der Waals surface area contributed by atoms with Crippen molar-refractivity contribution in [2.45, 2.75) is 85.4 Å². The van der Waals surface area contributed by atoms with Crippen LogP contribution in [0.2, 0.25) is 0 Å². The molecule has 1 heterocycles. The Morgan fingerprint density at radius 1 is 1.03 bits per heavy atom. The minimum absolute atomic E-state index is 0.191. The monoisotopic (exact) mass is 441 g/mol. The zero-order chi connectivity index (χ0) is 23.9. The number of rotatable bonds is 8. The zero-order valence-electron chi connectivity index (χ0n) is 19.9. The van der Waals surface area contributed by atoms with E-state index in [0.29, 0.717) is 32.4 Å². The Morgan fingerprint density at radius 2 is 1.58 bits per heavy atom. The molecular weight excluding hydrogens is 402 g/mol. The van der Waals surface area contributed by atoms with E-state index in [2.05, 4.69) is 10.6 Å². The lowest BCUT2D eigenvalue weighted by Gasteiger charge is -2.35. The van der Waals surface area contributed by atoms with Crippen molar-refractivity contribution in [3.63, 3.8) is 0 Å². The number of amides is 3. The Hall–Kier alpha value is -2.32. The molecule has 1 rings (SSSR count). The maximum atomic E-state index is 13.0. The summed E-state index contributed by atoms with van der Waals surface area (Å²) in [5, 5.41) is 14.6. The van der Waals surface area contributed by atoms with E-state index in [-0.39, 0.29) is 29.6 Å². The normalized spacial score (nSPS) is 17.3. The maximum Gasteiger partial charge on any atom is 0.408 e. The number of piperidine rings is 1. The number of carboxylic acids is 1. The van der Waals surface area contributed by atoms with E-state index in [1.165, 1.54) is 0 Å². The van der Waals surface area contributed by atoms with Gasteiger partial charge in [-0.15, -0.1) is 0 Å². The van der Waals surface area contributed by atoms with Crippen LogP contribution in [0.3, 0.4) is 0 Å². The number of likely N-dealkylation sites (tertiary alicyclic amines) is 1. The van der Waals surface area contributed by atoms with E-state index in [1.54, 1.807) is 39.5 Å². The van der Waals surface area contributed by atoms with Crippen molar-refractivity contribution >= 4 is 23.9 Å². The fourth-order valence-electron chi connectivity index (χ4n) is 3.51. The molecule has 0 spiro atoms. The van der Waals surface area contributed by atoms with Gasteiger partial charge in [-0.25, -0.2) is 9.59 Å². The molecule has 0 radical (unpaired) electrons. The molecule has 0 bridgehead atoms. The Balaban J connectivity index is 2.70. The van der Waals surface area contributed by atoms with Crippen molar-refractivity contribution in [2.75, 3.05) is 13.1 Å². The van der Waals surface area contributed by atoms with E-state index < -0.39 is 29.7 Å². The van der Waals surface area contributed by atoms with Crippen molar-refractivity contribution in [2.24, 2.45) is 17.8 Å². The van der Waals surface area contributed by atoms with Gasteiger partial charge in [-0.1, -0.05) is 27.7 Å². The number of ether oxygens (including phenoxy) is 1. The molecule has 1 aliphatic rings. The van der Waals surface area contributed by atoms with Crippen LogP contribution in [-0.4, -0.2) is 64.7 Å². The Bertz CT molecular complexity index is 648. The van der Waals surface area contributed by atoms with Gasteiger partial charge < -0.3 is 25.4 Å². The predicted octanol–water partition coefficient (Wildman–Crippen LogP) is 2.39. The summed E-state index contributed by atoms with van der Waals surface area (Å²) in [6.45, 7) is 13.5. The number of nitrogens with one attached hydrogen (secondary N) is 2. The standard InChI is InChI=1S/C22H39N3O6/c1-13(2)12-16(23-21(30)31-22(5,6)7)19(27)25-10-8-15(9-11-25)18(26)24-17(14(3)4)20(28)29/h13-17H,8-12H2,1-7H3,(H,23,30)(H,24,26)(H,28,29)/t16-,17-/m0/s1. The third-order valence-electron chi connectivity index (χ3n) is 5.10. The van der Waals surface area contributed by atoms with Gasteiger partial charge in [0.05, 0.1) is 0 Å². The minimum Gasteiger partial charge on any atom is -0.480 e. The van der Waals surface area contributed by atoms with Crippen LogP contribution in [0.4, 0.5) is 4.79 Å². The summed E-state index contributed by atoms with van der Waals surface area (Å²) in [7, 11) is 0. The number of alkyl carbamates (subject to hydrolysis) is 1. The lowest BCUT2D eigenvalue weighted by molar-refractivity contribution is -0.144. The summed E-state index contributed by atoms with van der Waals surface area (Å²) >= 11 is 0. The Labute approximate surface area is 185 Å². The smallest absolute Gasteiger partial charge is 0.408 e. The van der Waals surface area contributed by atoms with Gasteiger partial charge in [0.25, 0.3) is 0 Å². The topological polar surface area (TPSA) is 125 Å². The second-order valence-electron chi connectivity index (χ2n) is 10.00. The summed E-state index contributed by atoms with van der Waals surface area (Å²) in [4.78, 5) is 50.7. The van der Waals surface area contributed by atoms with Gasteiger partial charge in [0.2, 0.25) is 11.8 Å². The molecule has 2 atom stereocenters. The van der Waals surface area contributed by atoms with Gasteiger partial charge >= 0.3 is 12.1 Å². The largest absolute Gasteiger partial charge is 0.480 e. The number of hydrogen-bond acceptors (Lipinski definition) is 5. The summed E-state index contributed by atoms with van der Waals surface area (Å²) < 4.78 is 5.29. The quantitative estimate of drug-likeness (QED) is 0.531. The van der Waals surface area contributed by atoms with Crippen LogP contribution in [-0.2, 0) is 19.1 Å². The number of carbonyl (C=O) groups excluding carboxylic acids is 3. The van der Waals surface area contributed by atoms with Crippen LogP contribution in [0.15, 0.2) is 0 Å². The SMILES string of the molecule is CC(C)C[C@H](NC(=O)OC(C)(C)C)C(=O)N1CCC(C(=O)N[C@H](C(=O)O)C(C)C)CC1. The van der Waals surface area contributed by atoms with E-state index in [0.717, 1.165) is 0 Å². The van der Waals surface area contributed by atoms with E-state index in [4.69, 9.17) is 4.74 Å². The van der Waals surface area contributed by atoms with Gasteiger partial charge in [0, 0.05) is 19.0 Å². The van der Waals surface area contributed by atoms with E-state index >= 15 is 0 Å². The molecule has 3 amide bonds. The molecule has 1 aliphatic heterocycles. The summed E-state index contributed by atoms with van der Waals surface area (Å²) in [5.41, 5.74) is -0.662. The number of nitrogens with zero attached hydrogens (tertiary/aromatic N) is 1. The zero-order valence-corrected chi connectivity index (χ0v) is 19.9. The number of carbonyl (C=O) groups is 4. The van der Waals surface area contributed by atoms with Crippen LogP contribution in [0.25, 0.3) is 0 Å². The highest BCUT2D eigenvalue weighted by Crippen LogP contribution is 2.20. The first-order valence-electron chi connectivity index (χ1n) is 11.0. The van der Waals surface area contributed by atoms with Crippen molar-refractivity contribution in [1.29, 1.82) is 0 Å². The highest BCUT2D eigenvalue weighted by molar-refractivity contribution is 5.87. The molecule has 0 saturated carbocycles. The first-order chi connectivity index (χ1) is 14.2. The van der Waals surface area contributed by atoms with Crippen molar-refractivity contribution in [3.8, 4) is 0 Å². The molecule has 0 aliphatic carbocycles. The predicted molar refractivity (Wildman–Crippen MR) is 116 cm³/mol. The molecule has 0 aromatic heterocycles. The van der Waals surface area contributed by atoms with Crippen LogP contribution in [0.1, 0.15) is 67.7 Å². The van der Waals surface area contributed by atoms with Crippen LogP contribution < -0.4 is 10.6 Å². The highest BCUT2D eigenvalue weighted by atomic mass is 16.6. The molecule has 0 aromatic carbocycles.